The first kappa shape index (κ1) is 24.4. The molecule has 0 aliphatic carbocycles. The molecule has 1 fully saturated rings. The van der Waals surface area contributed by atoms with Gasteiger partial charge in [-0.3, -0.25) is 0 Å². The van der Waals surface area contributed by atoms with Crippen LogP contribution in [-0.2, 0) is 6.42 Å². The van der Waals surface area contributed by atoms with E-state index in [0.717, 1.165) is 65.2 Å². The van der Waals surface area contributed by atoms with E-state index in [9.17, 15) is 0 Å². The summed E-state index contributed by atoms with van der Waals surface area (Å²) < 4.78 is 16.1. The Morgan fingerprint density at radius 3 is 2.51 bits per heavy atom. The summed E-state index contributed by atoms with van der Waals surface area (Å²) in [6, 6.07) is 14.9. The molecule has 4 aromatic rings. The molecule has 10 heteroatoms. The predicted octanol–water partition coefficient (Wildman–Crippen LogP) is 3.70. The van der Waals surface area contributed by atoms with Gasteiger partial charge in [-0.15, -0.1) is 0 Å². The van der Waals surface area contributed by atoms with Crippen LogP contribution in [0, 0.1) is 0 Å². The van der Waals surface area contributed by atoms with Gasteiger partial charge in [-0.2, -0.15) is 9.97 Å². The fourth-order valence-corrected chi connectivity index (χ4v) is 4.69. The largest absolute Gasteiger partial charge is 0.497 e. The van der Waals surface area contributed by atoms with Crippen molar-refractivity contribution in [2.24, 2.45) is 0 Å². The number of piperidine rings is 1. The zero-order valence-corrected chi connectivity index (χ0v) is 21.3. The van der Waals surface area contributed by atoms with E-state index in [1.165, 1.54) is 0 Å². The Hall–Kier alpha value is -4.34. The number of nitrogens with one attached hydrogen (secondary N) is 1. The molecule has 10 nitrogen and oxygen atoms in total. The van der Waals surface area contributed by atoms with E-state index in [0.29, 0.717) is 24.4 Å². The zero-order chi connectivity index (χ0) is 25.8. The van der Waals surface area contributed by atoms with Gasteiger partial charge in [0.2, 0.25) is 11.8 Å². The average Bonchev–Trinajstić information content (AvgIpc) is 2.93. The molecule has 0 saturated carbocycles. The number of fused-ring (bicyclic) bond motifs is 1. The van der Waals surface area contributed by atoms with Gasteiger partial charge >= 0.3 is 6.01 Å². The van der Waals surface area contributed by atoms with E-state index in [-0.39, 0.29) is 5.95 Å². The van der Waals surface area contributed by atoms with Crippen molar-refractivity contribution in [2.45, 2.75) is 25.3 Å². The van der Waals surface area contributed by atoms with Gasteiger partial charge < -0.3 is 30.2 Å². The number of nitrogens with zero attached hydrogens (tertiary/aromatic N) is 5. The van der Waals surface area contributed by atoms with Crippen molar-refractivity contribution in [1.82, 2.24) is 19.9 Å². The Kier molecular flexibility index (Phi) is 7.07. The maximum Gasteiger partial charge on any atom is 0.321 e. The third-order valence-corrected chi connectivity index (χ3v) is 6.58. The Bertz CT molecular complexity index is 1370. The number of hydrogen-bond acceptors (Lipinski definition) is 10. The summed E-state index contributed by atoms with van der Waals surface area (Å²) in [5, 5.41) is 6.07. The fourth-order valence-electron chi connectivity index (χ4n) is 4.69. The Morgan fingerprint density at radius 2 is 1.78 bits per heavy atom. The second kappa shape index (κ2) is 10.7. The minimum Gasteiger partial charge on any atom is -0.497 e. The summed E-state index contributed by atoms with van der Waals surface area (Å²) in [6.07, 6.45) is 4.26. The number of ether oxygens (including phenoxy) is 3. The Balaban J connectivity index is 1.37. The number of nitrogens with two attached hydrogens (primary N) is 1. The third-order valence-electron chi connectivity index (χ3n) is 6.58. The molecule has 0 unspecified atom stereocenters. The highest BCUT2D eigenvalue weighted by Gasteiger charge is 2.22. The fraction of sp³-hybridized carbons (Fsp3) is 0.333. The van der Waals surface area contributed by atoms with Gasteiger partial charge in [0.25, 0.3) is 0 Å². The number of anilines is 3. The highest BCUT2D eigenvalue weighted by molar-refractivity contribution is 5.95. The van der Waals surface area contributed by atoms with Crippen LogP contribution in [0.1, 0.15) is 24.1 Å². The van der Waals surface area contributed by atoms with Crippen LogP contribution in [0.2, 0.25) is 0 Å². The standard InChI is InChI=1S/C27H31N7O3/c1-35-21-5-4-18-12-17(13-20-6-9-29-26(28)31-20)14-23(22(18)15-21)30-19-7-10-34(11-8-19)24-16-25(36-2)33-27(32-24)37-3/h4-6,9,12,14-16,19,30H,7-8,10-11,13H2,1-3H3,(H2,28,29,31). The predicted molar refractivity (Wildman–Crippen MR) is 144 cm³/mol. The van der Waals surface area contributed by atoms with Crippen molar-refractivity contribution in [3.8, 4) is 17.6 Å². The third kappa shape index (κ3) is 5.58. The molecular formula is C27H31N7O3. The lowest BCUT2D eigenvalue weighted by atomic mass is 9.99. The maximum absolute atomic E-state index is 5.80. The van der Waals surface area contributed by atoms with Crippen LogP contribution in [0.5, 0.6) is 17.6 Å². The van der Waals surface area contributed by atoms with Crippen molar-refractivity contribution < 1.29 is 14.2 Å². The molecule has 37 heavy (non-hydrogen) atoms. The smallest absolute Gasteiger partial charge is 0.321 e. The SMILES string of the molecule is COc1ccc2cc(Cc3ccnc(N)n3)cc(NC3CCN(c4cc(OC)nc(OC)n4)CC3)c2c1. The maximum atomic E-state index is 5.80. The van der Waals surface area contributed by atoms with Crippen LogP contribution >= 0.6 is 0 Å². The van der Waals surface area contributed by atoms with Gasteiger partial charge in [-0.25, -0.2) is 9.97 Å². The molecule has 2 aromatic heterocycles. The van der Waals surface area contributed by atoms with Crippen LogP contribution in [0.15, 0.2) is 48.7 Å². The lowest BCUT2D eigenvalue weighted by Crippen LogP contribution is -2.39. The van der Waals surface area contributed by atoms with E-state index in [1.807, 2.05) is 18.2 Å². The van der Waals surface area contributed by atoms with Crippen LogP contribution in [-0.4, -0.2) is 60.4 Å². The van der Waals surface area contributed by atoms with E-state index < -0.39 is 0 Å². The molecule has 0 bridgehead atoms. The van der Waals surface area contributed by atoms with Crippen molar-refractivity contribution in [3.05, 3.63) is 59.9 Å². The highest BCUT2D eigenvalue weighted by Crippen LogP contribution is 2.32. The number of aromatic nitrogens is 4. The molecule has 3 N–H and O–H groups in total. The first-order valence-corrected chi connectivity index (χ1v) is 12.2. The molecule has 2 aromatic carbocycles. The summed E-state index contributed by atoms with van der Waals surface area (Å²) in [5.41, 5.74) is 8.91. The lowest BCUT2D eigenvalue weighted by Gasteiger charge is -2.34. The van der Waals surface area contributed by atoms with Gasteiger partial charge in [-0.1, -0.05) is 12.1 Å². The molecule has 5 rings (SSSR count). The van der Waals surface area contributed by atoms with Gasteiger partial charge in [0.1, 0.15) is 11.6 Å². The average molecular weight is 502 g/mol. The van der Waals surface area contributed by atoms with Crippen LogP contribution in [0.4, 0.5) is 17.5 Å². The lowest BCUT2D eigenvalue weighted by molar-refractivity contribution is 0.351. The number of rotatable bonds is 8. The molecule has 0 amide bonds. The second-order valence-electron chi connectivity index (χ2n) is 8.97. The van der Waals surface area contributed by atoms with Crippen LogP contribution in [0.3, 0.4) is 0 Å². The summed E-state index contributed by atoms with van der Waals surface area (Å²) in [7, 11) is 4.84. The molecule has 0 spiro atoms. The summed E-state index contributed by atoms with van der Waals surface area (Å²) >= 11 is 0. The van der Waals surface area contributed by atoms with E-state index in [4.69, 9.17) is 19.9 Å². The first-order valence-electron chi connectivity index (χ1n) is 12.2. The number of nitrogen functional groups attached to an aromatic ring is 1. The van der Waals surface area contributed by atoms with E-state index in [2.05, 4.69) is 54.4 Å². The summed E-state index contributed by atoms with van der Waals surface area (Å²) in [6.45, 7) is 1.70. The van der Waals surface area contributed by atoms with Crippen molar-refractivity contribution >= 4 is 28.2 Å². The molecule has 3 heterocycles. The van der Waals surface area contributed by atoms with Crippen molar-refractivity contribution in [2.75, 3.05) is 50.4 Å². The van der Waals surface area contributed by atoms with Gasteiger partial charge in [0, 0.05) is 48.9 Å². The topological polar surface area (TPSA) is 121 Å². The molecule has 0 atom stereocenters. The summed E-state index contributed by atoms with van der Waals surface area (Å²) in [5.74, 6) is 2.41. The van der Waals surface area contributed by atoms with Gasteiger partial charge in [0.05, 0.1) is 27.0 Å². The number of methoxy groups -OCH3 is 3. The zero-order valence-electron chi connectivity index (χ0n) is 21.3. The minimum absolute atomic E-state index is 0.284. The highest BCUT2D eigenvalue weighted by atomic mass is 16.5. The van der Waals surface area contributed by atoms with E-state index >= 15 is 0 Å². The molecular weight excluding hydrogens is 470 g/mol. The summed E-state index contributed by atoms with van der Waals surface area (Å²) in [4.78, 5) is 19.3. The Labute approximate surface area is 215 Å². The van der Waals surface area contributed by atoms with E-state index in [1.54, 1.807) is 27.5 Å². The van der Waals surface area contributed by atoms with Crippen molar-refractivity contribution in [3.63, 3.8) is 0 Å². The molecule has 1 aliphatic rings. The number of hydrogen-bond donors (Lipinski definition) is 2. The normalized spacial score (nSPS) is 14.0. The monoisotopic (exact) mass is 501 g/mol. The Morgan fingerprint density at radius 1 is 0.946 bits per heavy atom. The second-order valence-corrected chi connectivity index (χ2v) is 8.97. The minimum atomic E-state index is 0.284. The van der Waals surface area contributed by atoms with Crippen molar-refractivity contribution in [1.29, 1.82) is 0 Å². The quantitative estimate of drug-likeness (QED) is 0.370. The number of benzene rings is 2. The van der Waals surface area contributed by atoms with Gasteiger partial charge in [-0.05, 0) is 48.1 Å². The van der Waals surface area contributed by atoms with Crippen LogP contribution < -0.4 is 30.2 Å². The first-order chi connectivity index (χ1) is 18.0. The molecule has 0 radical (unpaired) electrons. The molecule has 192 valence electrons. The molecule has 1 aliphatic heterocycles. The van der Waals surface area contributed by atoms with Crippen LogP contribution in [0.25, 0.3) is 10.8 Å². The molecule has 1 saturated heterocycles. The van der Waals surface area contributed by atoms with Gasteiger partial charge in [0.15, 0.2) is 0 Å².